The molecular weight excluding hydrogens is 456 g/mol. The number of amides is 2. The Kier molecular flexibility index (Phi) is 8.37. The summed E-state index contributed by atoms with van der Waals surface area (Å²) in [6, 6.07) is 20.2. The molecule has 1 aliphatic heterocycles. The molecule has 3 aromatic rings. The average Bonchev–Trinajstić information content (AvgIpc) is 3.33. The summed E-state index contributed by atoms with van der Waals surface area (Å²) in [5, 5.41) is 2.11. The minimum atomic E-state index is -0.150. The third kappa shape index (κ3) is 6.38. The number of benzene rings is 2. The minimum Gasteiger partial charge on any atom is -0.367 e. The lowest BCUT2D eigenvalue weighted by atomic mass is 9.92. The zero-order chi connectivity index (χ0) is 24.8. The summed E-state index contributed by atoms with van der Waals surface area (Å²) < 4.78 is 5.69. The molecule has 2 heterocycles. The predicted molar refractivity (Wildman–Crippen MR) is 140 cm³/mol. The van der Waals surface area contributed by atoms with E-state index in [4.69, 9.17) is 4.74 Å². The van der Waals surface area contributed by atoms with Crippen molar-refractivity contribution in [3.63, 3.8) is 0 Å². The highest BCUT2D eigenvalue weighted by atomic mass is 32.1. The number of aryl methyl sites for hydroxylation is 1. The fraction of sp³-hybridized carbons (Fsp3) is 0.379. The van der Waals surface area contributed by atoms with Crippen molar-refractivity contribution in [1.29, 1.82) is 0 Å². The number of hydrogen-bond donors (Lipinski definition) is 0. The predicted octanol–water partition coefficient (Wildman–Crippen LogP) is 5.23. The van der Waals surface area contributed by atoms with Gasteiger partial charge >= 0.3 is 0 Å². The van der Waals surface area contributed by atoms with Crippen LogP contribution in [0.25, 0.3) is 0 Å². The van der Waals surface area contributed by atoms with Crippen LogP contribution in [0.4, 0.5) is 0 Å². The Balaban J connectivity index is 1.47. The number of ether oxygens (including phenoxy) is 1. The molecule has 6 heteroatoms. The molecule has 1 aromatic heterocycles. The molecule has 35 heavy (non-hydrogen) atoms. The molecule has 1 aliphatic rings. The normalized spacial score (nSPS) is 15.2. The van der Waals surface area contributed by atoms with E-state index in [0.29, 0.717) is 19.7 Å². The van der Waals surface area contributed by atoms with Gasteiger partial charge in [0, 0.05) is 18.0 Å². The Morgan fingerprint density at radius 3 is 2.54 bits per heavy atom. The molecule has 0 saturated heterocycles. The Hall–Kier alpha value is -2.96. The summed E-state index contributed by atoms with van der Waals surface area (Å²) in [5.41, 5.74) is 4.52. The number of carbonyl (C=O) groups excluding carboxylic acids is 2. The number of hydrogen-bond acceptors (Lipinski definition) is 4. The van der Waals surface area contributed by atoms with Crippen molar-refractivity contribution >= 4 is 23.2 Å². The Morgan fingerprint density at radius 1 is 1.09 bits per heavy atom. The summed E-state index contributed by atoms with van der Waals surface area (Å²) in [5.74, 6) is 0.0752. The molecule has 1 unspecified atom stereocenters. The van der Waals surface area contributed by atoms with Crippen LogP contribution in [0.15, 0.2) is 66.0 Å². The first-order valence-electron chi connectivity index (χ1n) is 12.2. The lowest BCUT2D eigenvalue weighted by Crippen LogP contribution is -2.48. The number of nitrogens with zero attached hydrogens (tertiary/aromatic N) is 2. The number of carbonyl (C=O) groups is 2. The second-order valence-corrected chi connectivity index (χ2v) is 10.6. The van der Waals surface area contributed by atoms with Crippen LogP contribution in [0.3, 0.4) is 0 Å². The van der Waals surface area contributed by atoms with E-state index in [1.54, 1.807) is 16.2 Å². The molecule has 184 valence electrons. The fourth-order valence-corrected chi connectivity index (χ4v) is 5.47. The molecule has 2 aromatic carbocycles. The molecule has 0 saturated carbocycles. The van der Waals surface area contributed by atoms with Gasteiger partial charge < -0.3 is 14.5 Å². The largest absolute Gasteiger partial charge is 0.367 e. The highest BCUT2D eigenvalue weighted by Crippen LogP contribution is 2.38. The standard InChI is InChI=1S/C29H34N2O3S/c1-21(2)17-30(28(33)20-34-19-23-7-5-4-6-8-23)18-27(32)31-15-13-26-25(14-16-35-26)29(31)24-11-9-22(3)10-12-24/h4-12,14,16,21,29H,13,15,17-20H2,1-3H3. The van der Waals surface area contributed by atoms with Crippen LogP contribution in [0.2, 0.25) is 0 Å². The second kappa shape index (κ2) is 11.6. The maximum atomic E-state index is 13.7. The molecule has 1 atom stereocenters. The number of thiophene rings is 1. The quantitative estimate of drug-likeness (QED) is 0.413. The van der Waals surface area contributed by atoms with Crippen LogP contribution < -0.4 is 0 Å². The van der Waals surface area contributed by atoms with Crippen LogP contribution in [0.5, 0.6) is 0 Å². The van der Waals surface area contributed by atoms with Crippen LogP contribution in [-0.4, -0.2) is 47.9 Å². The zero-order valence-electron chi connectivity index (χ0n) is 20.8. The van der Waals surface area contributed by atoms with E-state index in [1.807, 2.05) is 35.2 Å². The fourth-order valence-electron chi connectivity index (χ4n) is 4.56. The summed E-state index contributed by atoms with van der Waals surface area (Å²) in [6.45, 7) is 7.76. The first-order valence-corrected chi connectivity index (χ1v) is 13.1. The Bertz CT molecular complexity index is 1120. The monoisotopic (exact) mass is 490 g/mol. The third-order valence-corrected chi connectivity index (χ3v) is 7.28. The van der Waals surface area contributed by atoms with Crippen molar-refractivity contribution in [1.82, 2.24) is 9.80 Å². The van der Waals surface area contributed by atoms with Gasteiger partial charge in [-0.3, -0.25) is 9.59 Å². The van der Waals surface area contributed by atoms with Crippen molar-refractivity contribution in [3.05, 3.63) is 93.2 Å². The van der Waals surface area contributed by atoms with Crippen LogP contribution in [0.1, 0.15) is 47.0 Å². The van der Waals surface area contributed by atoms with Gasteiger partial charge in [-0.1, -0.05) is 74.0 Å². The van der Waals surface area contributed by atoms with E-state index in [9.17, 15) is 9.59 Å². The maximum Gasteiger partial charge on any atom is 0.249 e. The van der Waals surface area contributed by atoms with Crippen LogP contribution >= 0.6 is 11.3 Å². The van der Waals surface area contributed by atoms with E-state index in [1.165, 1.54) is 16.0 Å². The Labute approximate surface area is 212 Å². The van der Waals surface area contributed by atoms with Crippen LogP contribution in [0, 0.1) is 12.8 Å². The van der Waals surface area contributed by atoms with E-state index < -0.39 is 0 Å². The van der Waals surface area contributed by atoms with Crippen molar-refractivity contribution in [2.45, 2.75) is 39.8 Å². The first kappa shape index (κ1) is 25.1. The summed E-state index contributed by atoms with van der Waals surface area (Å²) in [6.07, 6.45) is 0.847. The van der Waals surface area contributed by atoms with E-state index in [0.717, 1.165) is 17.5 Å². The van der Waals surface area contributed by atoms with Gasteiger partial charge in [0.05, 0.1) is 19.2 Å². The molecule has 5 nitrogen and oxygen atoms in total. The topological polar surface area (TPSA) is 49.9 Å². The summed E-state index contributed by atoms with van der Waals surface area (Å²) >= 11 is 1.76. The molecule has 0 N–H and O–H groups in total. The third-order valence-electron chi connectivity index (χ3n) is 6.28. The van der Waals surface area contributed by atoms with Crippen molar-refractivity contribution in [2.24, 2.45) is 5.92 Å². The van der Waals surface area contributed by atoms with E-state index in [-0.39, 0.29) is 36.9 Å². The summed E-state index contributed by atoms with van der Waals surface area (Å²) in [7, 11) is 0. The molecule has 4 rings (SSSR count). The van der Waals surface area contributed by atoms with Gasteiger partial charge in [-0.05, 0) is 47.4 Å². The molecule has 0 bridgehead atoms. The molecule has 0 radical (unpaired) electrons. The molecule has 0 fully saturated rings. The van der Waals surface area contributed by atoms with Crippen molar-refractivity contribution < 1.29 is 14.3 Å². The van der Waals surface area contributed by atoms with Gasteiger partial charge in [-0.15, -0.1) is 11.3 Å². The van der Waals surface area contributed by atoms with Gasteiger partial charge in [-0.2, -0.15) is 0 Å². The second-order valence-electron chi connectivity index (χ2n) is 9.60. The van der Waals surface area contributed by atoms with Gasteiger partial charge in [0.25, 0.3) is 0 Å². The molecular formula is C29H34N2O3S. The van der Waals surface area contributed by atoms with E-state index in [2.05, 4.69) is 56.5 Å². The highest BCUT2D eigenvalue weighted by molar-refractivity contribution is 7.10. The lowest BCUT2D eigenvalue weighted by molar-refractivity contribution is -0.145. The average molecular weight is 491 g/mol. The molecule has 0 aliphatic carbocycles. The van der Waals surface area contributed by atoms with Gasteiger partial charge in [0.2, 0.25) is 11.8 Å². The van der Waals surface area contributed by atoms with Crippen molar-refractivity contribution in [3.8, 4) is 0 Å². The smallest absolute Gasteiger partial charge is 0.249 e. The number of fused-ring (bicyclic) bond motifs is 1. The number of rotatable bonds is 9. The first-order chi connectivity index (χ1) is 16.9. The summed E-state index contributed by atoms with van der Waals surface area (Å²) in [4.78, 5) is 31.7. The van der Waals surface area contributed by atoms with Gasteiger partial charge in [0.15, 0.2) is 0 Å². The minimum absolute atomic E-state index is 0.0236. The van der Waals surface area contributed by atoms with Gasteiger partial charge in [0.1, 0.15) is 6.61 Å². The van der Waals surface area contributed by atoms with Crippen LogP contribution in [-0.2, 0) is 27.4 Å². The maximum absolute atomic E-state index is 13.7. The Morgan fingerprint density at radius 2 is 1.83 bits per heavy atom. The zero-order valence-corrected chi connectivity index (χ0v) is 21.6. The lowest BCUT2D eigenvalue weighted by Gasteiger charge is -2.38. The molecule has 2 amide bonds. The van der Waals surface area contributed by atoms with E-state index >= 15 is 0 Å². The molecule has 0 spiro atoms. The van der Waals surface area contributed by atoms with Crippen molar-refractivity contribution in [2.75, 3.05) is 26.2 Å². The van der Waals surface area contributed by atoms with Gasteiger partial charge in [-0.25, -0.2) is 0 Å². The SMILES string of the molecule is Cc1ccc(C2c3ccsc3CCN2C(=O)CN(CC(C)C)C(=O)COCc2ccccc2)cc1. The highest BCUT2D eigenvalue weighted by Gasteiger charge is 2.34.